The highest BCUT2D eigenvalue weighted by atomic mass is 15.2. The summed E-state index contributed by atoms with van der Waals surface area (Å²) in [6, 6.07) is 0. The topological polar surface area (TPSA) is 3.24 Å². The first-order chi connectivity index (χ1) is 5.91. The molecule has 1 unspecified atom stereocenters. The molecule has 1 saturated carbocycles. The highest BCUT2D eigenvalue weighted by molar-refractivity contribution is 5.05. The second kappa shape index (κ2) is 1.97. The van der Waals surface area contributed by atoms with E-state index in [4.69, 9.17) is 4.11 Å². The first-order valence-electron chi connectivity index (χ1n) is 5.66. The van der Waals surface area contributed by atoms with E-state index in [0.29, 0.717) is 11.8 Å². The molecule has 1 nitrogen and oxygen atoms in total. The van der Waals surface area contributed by atoms with Crippen LogP contribution in [-0.4, -0.2) is 25.0 Å². The van der Waals surface area contributed by atoms with Gasteiger partial charge in [0.05, 0.1) is 0 Å². The van der Waals surface area contributed by atoms with Gasteiger partial charge < -0.3 is 4.90 Å². The minimum Gasteiger partial charge on any atom is -0.306 e. The van der Waals surface area contributed by atoms with Gasteiger partial charge in [0.2, 0.25) is 0 Å². The Morgan fingerprint density at radius 1 is 1.40 bits per heavy atom. The molecule has 10 heavy (non-hydrogen) atoms. The Bertz CT molecular complexity index is 199. The van der Waals surface area contributed by atoms with Crippen LogP contribution in [0.4, 0.5) is 0 Å². The molecule has 1 heterocycles. The van der Waals surface area contributed by atoms with Crippen LogP contribution in [0.2, 0.25) is 0 Å². The summed E-state index contributed by atoms with van der Waals surface area (Å²) in [4.78, 5) is 1.65. The summed E-state index contributed by atoms with van der Waals surface area (Å²) in [6.45, 7) is 4.22. The summed E-state index contributed by atoms with van der Waals surface area (Å²) < 4.78 is 21.8. The van der Waals surface area contributed by atoms with Crippen LogP contribution >= 0.6 is 0 Å². The lowest BCUT2D eigenvalue weighted by atomic mass is 10.1. The van der Waals surface area contributed by atoms with Crippen LogP contribution in [0.15, 0.2) is 0 Å². The molecule has 2 fully saturated rings. The molecule has 0 radical (unpaired) electrons. The summed E-state index contributed by atoms with van der Waals surface area (Å²) in [6.07, 6.45) is 0. The lowest BCUT2D eigenvalue weighted by molar-refractivity contribution is 0.317. The van der Waals surface area contributed by atoms with Gasteiger partial charge in [-0.3, -0.25) is 0 Å². The van der Waals surface area contributed by atoms with E-state index in [1.54, 1.807) is 4.90 Å². The number of fused-ring (bicyclic) bond motifs is 1. The SMILES string of the molecule is [2H]C([2H])([2H])N1C[C@@H]2C(C(C)C)[C@@H]2C1. The lowest BCUT2D eigenvalue weighted by Crippen LogP contribution is -2.20. The summed E-state index contributed by atoms with van der Waals surface area (Å²) in [5.74, 6) is 2.90. The second-order valence-electron chi connectivity index (χ2n) is 4.05. The Hall–Kier alpha value is -0.0400. The number of hydrogen-bond donors (Lipinski definition) is 0. The molecule has 1 aliphatic heterocycles. The Kier molecular flexibility index (Phi) is 0.810. The number of piperidine rings is 1. The number of hydrogen-bond acceptors (Lipinski definition) is 1. The largest absolute Gasteiger partial charge is 0.306 e. The molecule has 1 heteroatoms. The van der Waals surface area contributed by atoms with Crippen LogP contribution in [0.5, 0.6) is 0 Å². The second-order valence-corrected chi connectivity index (χ2v) is 4.05. The first kappa shape index (κ1) is 4.10. The van der Waals surface area contributed by atoms with E-state index in [-0.39, 0.29) is 0 Å². The van der Waals surface area contributed by atoms with Gasteiger partial charge in [0, 0.05) is 17.2 Å². The van der Waals surface area contributed by atoms with E-state index in [1.807, 2.05) is 0 Å². The van der Waals surface area contributed by atoms with Crippen LogP contribution in [0, 0.1) is 23.7 Å². The van der Waals surface area contributed by atoms with Crippen molar-refractivity contribution < 1.29 is 4.11 Å². The average Bonchev–Trinajstić information content (AvgIpc) is 2.46. The molecule has 1 saturated heterocycles. The molecule has 0 amide bonds. The van der Waals surface area contributed by atoms with E-state index in [1.165, 1.54) is 0 Å². The molecule has 2 rings (SSSR count). The minimum atomic E-state index is -1.85. The summed E-state index contributed by atoms with van der Waals surface area (Å²) >= 11 is 0. The maximum absolute atomic E-state index is 7.27. The smallest absolute Gasteiger partial charge is 0.0394 e. The predicted molar refractivity (Wildman–Crippen MR) is 42.8 cm³/mol. The molecular weight excluding hydrogens is 122 g/mol. The third-order valence-electron chi connectivity index (χ3n) is 3.03. The van der Waals surface area contributed by atoms with Crippen molar-refractivity contribution in [1.82, 2.24) is 4.90 Å². The van der Waals surface area contributed by atoms with E-state index in [0.717, 1.165) is 24.9 Å². The number of likely N-dealkylation sites (tertiary alicyclic amines) is 1. The maximum Gasteiger partial charge on any atom is 0.0394 e. The highest BCUT2D eigenvalue weighted by Gasteiger charge is 2.55. The fourth-order valence-electron chi connectivity index (χ4n) is 2.56. The van der Waals surface area contributed by atoms with Crippen molar-refractivity contribution in [2.45, 2.75) is 13.8 Å². The standard InChI is InChI=1S/C9H17N/c1-6(2)9-7-4-10(3)5-8(7)9/h6-9H,4-5H2,1-3H3/t7-,8+,9?/i3D3. The van der Waals surface area contributed by atoms with Crippen LogP contribution in [0.25, 0.3) is 0 Å². The zero-order valence-electron chi connectivity index (χ0n) is 9.67. The van der Waals surface area contributed by atoms with Crippen molar-refractivity contribution in [3.63, 3.8) is 0 Å². The maximum atomic E-state index is 7.27. The van der Waals surface area contributed by atoms with E-state index in [2.05, 4.69) is 13.8 Å². The molecule has 58 valence electrons. The van der Waals surface area contributed by atoms with Crippen molar-refractivity contribution >= 4 is 0 Å². The van der Waals surface area contributed by atoms with E-state index in [9.17, 15) is 0 Å². The van der Waals surface area contributed by atoms with Crippen LogP contribution < -0.4 is 0 Å². The first-order valence-corrected chi connectivity index (χ1v) is 4.16. The molecular formula is C9H17N. The number of nitrogens with zero attached hydrogens (tertiary/aromatic N) is 1. The Morgan fingerprint density at radius 3 is 2.40 bits per heavy atom. The third-order valence-corrected chi connectivity index (χ3v) is 3.03. The predicted octanol–water partition coefficient (Wildman–Crippen LogP) is 1.45. The van der Waals surface area contributed by atoms with Crippen molar-refractivity contribution in [1.29, 1.82) is 0 Å². The van der Waals surface area contributed by atoms with Gasteiger partial charge in [-0.25, -0.2) is 0 Å². The summed E-state index contributed by atoms with van der Waals surface area (Å²) in [5.41, 5.74) is 0. The molecule has 0 aromatic carbocycles. The van der Waals surface area contributed by atoms with E-state index >= 15 is 0 Å². The highest BCUT2D eigenvalue weighted by Crippen LogP contribution is 2.54. The van der Waals surface area contributed by atoms with Crippen LogP contribution in [0.1, 0.15) is 18.0 Å². The van der Waals surface area contributed by atoms with Gasteiger partial charge in [-0.1, -0.05) is 13.8 Å². The molecule has 0 N–H and O–H groups in total. The van der Waals surface area contributed by atoms with Crippen LogP contribution in [0.3, 0.4) is 0 Å². The minimum absolute atomic E-state index is 0.681. The normalized spacial score (nSPS) is 51.9. The number of rotatable bonds is 1. The molecule has 0 aromatic rings. The fraction of sp³-hybridized carbons (Fsp3) is 1.00. The van der Waals surface area contributed by atoms with Gasteiger partial charge in [0.15, 0.2) is 0 Å². The van der Waals surface area contributed by atoms with Gasteiger partial charge in [0.1, 0.15) is 0 Å². The van der Waals surface area contributed by atoms with Gasteiger partial charge in [0.25, 0.3) is 0 Å². The van der Waals surface area contributed by atoms with E-state index < -0.39 is 6.98 Å². The zero-order chi connectivity index (χ0) is 9.80. The molecule has 0 spiro atoms. The Balaban J connectivity index is 1.90. The Morgan fingerprint density at radius 2 is 2.00 bits per heavy atom. The quantitative estimate of drug-likeness (QED) is 0.535. The summed E-state index contributed by atoms with van der Waals surface area (Å²) in [7, 11) is 0. The van der Waals surface area contributed by atoms with Crippen LogP contribution in [-0.2, 0) is 0 Å². The molecule has 0 aromatic heterocycles. The van der Waals surface area contributed by atoms with Gasteiger partial charge >= 0.3 is 0 Å². The van der Waals surface area contributed by atoms with Crippen molar-refractivity contribution in [3.8, 4) is 0 Å². The summed E-state index contributed by atoms with van der Waals surface area (Å²) in [5, 5.41) is 0. The Labute approximate surface area is 67.6 Å². The lowest BCUT2D eigenvalue weighted by Gasteiger charge is -2.14. The van der Waals surface area contributed by atoms with Gasteiger partial charge in [-0.05, 0) is 30.6 Å². The monoisotopic (exact) mass is 142 g/mol. The van der Waals surface area contributed by atoms with Crippen molar-refractivity contribution in [2.75, 3.05) is 20.1 Å². The molecule has 1 aliphatic carbocycles. The average molecular weight is 142 g/mol. The third kappa shape index (κ3) is 0.800. The van der Waals surface area contributed by atoms with Gasteiger partial charge in [-0.2, -0.15) is 0 Å². The molecule has 0 bridgehead atoms. The fourth-order valence-corrected chi connectivity index (χ4v) is 2.56. The van der Waals surface area contributed by atoms with Crippen molar-refractivity contribution in [3.05, 3.63) is 0 Å². The molecule has 2 aliphatic rings. The van der Waals surface area contributed by atoms with Gasteiger partial charge in [-0.15, -0.1) is 0 Å². The van der Waals surface area contributed by atoms with Crippen molar-refractivity contribution in [2.24, 2.45) is 23.7 Å². The molecule has 3 atom stereocenters. The zero-order valence-corrected chi connectivity index (χ0v) is 6.67.